The van der Waals surface area contributed by atoms with Gasteiger partial charge in [0, 0.05) is 23.7 Å². The maximum Gasteiger partial charge on any atom is 0.226 e. The molecule has 28 heavy (non-hydrogen) atoms. The molecular weight excluding hydrogens is 352 g/mol. The molecule has 0 amide bonds. The number of benzene rings is 2. The van der Waals surface area contributed by atoms with Gasteiger partial charge < -0.3 is 13.9 Å². The molecule has 0 unspecified atom stereocenters. The monoisotopic (exact) mass is 378 g/mol. The highest BCUT2D eigenvalue weighted by Gasteiger charge is 2.29. The summed E-state index contributed by atoms with van der Waals surface area (Å²) in [5.74, 6) is 2.42. The van der Waals surface area contributed by atoms with Crippen molar-refractivity contribution in [1.82, 2.24) is 9.88 Å². The molecule has 0 saturated carbocycles. The molecule has 0 spiro atoms. The van der Waals surface area contributed by atoms with Crippen molar-refractivity contribution < 1.29 is 13.9 Å². The molecule has 146 valence electrons. The van der Waals surface area contributed by atoms with E-state index in [-0.39, 0.29) is 6.04 Å². The van der Waals surface area contributed by atoms with E-state index in [2.05, 4.69) is 30.0 Å². The summed E-state index contributed by atoms with van der Waals surface area (Å²) >= 11 is 0. The van der Waals surface area contributed by atoms with E-state index in [0.29, 0.717) is 5.89 Å². The molecule has 0 N–H and O–H groups in total. The molecule has 0 aliphatic carbocycles. The number of methoxy groups -OCH3 is 2. The third-order valence-corrected chi connectivity index (χ3v) is 5.37. The Balaban J connectivity index is 1.54. The van der Waals surface area contributed by atoms with E-state index in [9.17, 15) is 0 Å². The Morgan fingerprint density at radius 3 is 2.68 bits per heavy atom. The summed E-state index contributed by atoms with van der Waals surface area (Å²) in [5, 5.41) is 0. The summed E-state index contributed by atoms with van der Waals surface area (Å²) in [5.41, 5.74) is 4.35. The summed E-state index contributed by atoms with van der Waals surface area (Å²) in [6.07, 6.45) is 4.01. The quantitative estimate of drug-likeness (QED) is 0.604. The normalized spacial score (nSPS) is 17.0. The minimum Gasteiger partial charge on any atom is -0.497 e. The predicted octanol–water partition coefficient (Wildman–Crippen LogP) is 5.00. The van der Waals surface area contributed by atoms with E-state index in [1.165, 1.54) is 11.1 Å². The van der Waals surface area contributed by atoms with Gasteiger partial charge in [-0.1, -0.05) is 17.7 Å². The lowest BCUT2D eigenvalue weighted by molar-refractivity contribution is 0.239. The molecule has 1 aliphatic heterocycles. The van der Waals surface area contributed by atoms with Crippen LogP contribution in [0.5, 0.6) is 11.5 Å². The van der Waals surface area contributed by atoms with Gasteiger partial charge >= 0.3 is 0 Å². The smallest absolute Gasteiger partial charge is 0.226 e. The minimum absolute atomic E-state index is 0.282. The number of hydrogen-bond acceptors (Lipinski definition) is 5. The topological polar surface area (TPSA) is 47.7 Å². The fraction of sp³-hybridized carbons (Fsp3) is 0.348. The van der Waals surface area contributed by atoms with Crippen LogP contribution < -0.4 is 9.47 Å². The summed E-state index contributed by atoms with van der Waals surface area (Å²) in [7, 11) is 3.41. The number of rotatable bonds is 6. The van der Waals surface area contributed by atoms with Crippen LogP contribution in [0, 0.1) is 6.92 Å². The van der Waals surface area contributed by atoms with Gasteiger partial charge in [0.2, 0.25) is 5.89 Å². The molecular formula is C23H26N2O3. The fourth-order valence-corrected chi connectivity index (χ4v) is 3.88. The van der Waals surface area contributed by atoms with E-state index < -0.39 is 0 Å². The van der Waals surface area contributed by atoms with Gasteiger partial charge in [-0.25, -0.2) is 4.98 Å². The first-order valence-electron chi connectivity index (χ1n) is 9.65. The molecule has 0 bridgehead atoms. The second-order valence-electron chi connectivity index (χ2n) is 7.25. The van der Waals surface area contributed by atoms with Crippen molar-refractivity contribution in [2.24, 2.45) is 0 Å². The molecule has 1 saturated heterocycles. The summed E-state index contributed by atoms with van der Waals surface area (Å²) in [6, 6.07) is 14.5. The number of oxazole rings is 1. The van der Waals surface area contributed by atoms with Crippen LogP contribution in [0.2, 0.25) is 0 Å². The summed E-state index contributed by atoms with van der Waals surface area (Å²) < 4.78 is 16.8. The largest absolute Gasteiger partial charge is 0.497 e. The van der Waals surface area contributed by atoms with Crippen molar-refractivity contribution >= 4 is 0 Å². The minimum atomic E-state index is 0.282. The van der Waals surface area contributed by atoms with Crippen LogP contribution in [0.1, 0.15) is 35.7 Å². The van der Waals surface area contributed by atoms with Crippen molar-refractivity contribution in [3.63, 3.8) is 0 Å². The maximum absolute atomic E-state index is 5.74. The van der Waals surface area contributed by atoms with Crippen molar-refractivity contribution in [1.29, 1.82) is 0 Å². The van der Waals surface area contributed by atoms with Crippen LogP contribution in [-0.2, 0) is 6.54 Å². The highest BCUT2D eigenvalue weighted by molar-refractivity contribution is 5.53. The second-order valence-corrected chi connectivity index (χ2v) is 7.25. The van der Waals surface area contributed by atoms with Gasteiger partial charge in [0.15, 0.2) is 0 Å². The van der Waals surface area contributed by atoms with Crippen molar-refractivity contribution in [3.05, 3.63) is 65.5 Å². The number of hydrogen-bond donors (Lipinski definition) is 0. The Bertz CT molecular complexity index is 933. The van der Waals surface area contributed by atoms with Gasteiger partial charge in [-0.3, -0.25) is 4.90 Å². The molecule has 5 heteroatoms. The molecule has 3 aromatic rings. The van der Waals surface area contributed by atoms with Gasteiger partial charge in [-0.05, 0) is 56.6 Å². The van der Waals surface area contributed by atoms with E-state index in [1.807, 2.05) is 24.3 Å². The number of ether oxygens (including phenoxy) is 2. The average Bonchev–Trinajstić information content (AvgIpc) is 3.38. The zero-order chi connectivity index (χ0) is 19.5. The third-order valence-electron chi connectivity index (χ3n) is 5.37. The third kappa shape index (κ3) is 3.76. The highest BCUT2D eigenvalue weighted by atomic mass is 16.5. The van der Waals surface area contributed by atoms with Crippen molar-refractivity contribution in [3.8, 4) is 23.0 Å². The molecule has 4 rings (SSSR count). The lowest BCUT2D eigenvalue weighted by atomic mass is 10.0. The van der Waals surface area contributed by atoms with Crippen LogP contribution in [0.4, 0.5) is 0 Å². The number of aromatic nitrogens is 1. The van der Waals surface area contributed by atoms with Gasteiger partial charge in [-0.2, -0.15) is 0 Å². The Morgan fingerprint density at radius 2 is 1.93 bits per heavy atom. The predicted molar refractivity (Wildman–Crippen MR) is 109 cm³/mol. The zero-order valence-corrected chi connectivity index (χ0v) is 16.6. The van der Waals surface area contributed by atoms with Crippen LogP contribution in [0.15, 0.2) is 53.1 Å². The molecule has 0 radical (unpaired) electrons. The van der Waals surface area contributed by atoms with E-state index >= 15 is 0 Å². The first-order chi connectivity index (χ1) is 13.7. The van der Waals surface area contributed by atoms with Crippen LogP contribution in [-0.4, -0.2) is 30.6 Å². The molecule has 1 aromatic heterocycles. The van der Waals surface area contributed by atoms with Crippen molar-refractivity contribution in [2.45, 2.75) is 32.4 Å². The second kappa shape index (κ2) is 8.07. The Morgan fingerprint density at radius 1 is 1.11 bits per heavy atom. The van der Waals surface area contributed by atoms with Crippen molar-refractivity contribution in [2.75, 3.05) is 20.8 Å². The highest BCUT2D eigenvalue weighted by Crippen LogP contribution is 2.39. The first kappa shape index (κ1) is 18.6. The molecule has 2 heterocycles. The summed E-state index contributed by atoms with van der Waals surface area (Å²) in [6.45, 7) is 3.85. The van der Waals surface area contributed by atoms with E-state index in [0.717, 1.165) is 48.7 Å². The average molecular weight is 378 g/mol. The lowest BCUT2D eigenvalue weighted by Crippen LogP contribution is -2.23. The number of nitrogens with zero attached hydrogens (tertiary/aromatic N) is 2. The molecule has 1 fully saturated rings. The van der Waals surface area contributed by atoms with Crippen LogP contribution >= 0.6 is 0 Å². The fourth-order valence-electron chi connectivity index (χ4n) is 3.88. The zero-order valence-electron chi connectivity index (χ0n) is 16.6. The molecule has 2 aromatic carbocycles. The summed E-state index contributed by atoms with van der Waals surface area (Å²) in [4.78, 5) is 7.15. The number of likely N-dealkylation sites (tertiary alicyclic amines) is 1. The first-order valence-corrected chi connectivity index (χ1v) is 9.65. The van der Waals surface area contributed by atoms with Crippen LogP contribution in [0.3, 0.4) is 0 Å². The standard InChI is InChI=1S/C23H26N2O3/c1-16-6-8-17(9-7-16)23-24-18(15-28-23)14-25-12-4-5-21(25)20-13-19(26-2)10-11-22(20)27-3/h6-11,13,15,21H,4-5,12,14H2,1-3H3/t21-/m1/s1. The molecule has 1 aliphatic rings. The Kier molecular flexibility index (Phi) is 5.35. The van der Waals surface area contributed by atoms with Gasteiger partial charge in [0.25, 0.3) is 0 Å². The van der Waals surface area contributed by atoms with Gasteiger partial charge in [0.1, 0.15) is 17.8 Å². The molecule has 1 atom stereocenters. The maximum atomic E-state index is 5.74. The van der Waals surface area contributed by atoms with E-state index in [1.54, 1.807) is 20.5 Å². The van der Waals surface area contributed by atoms with Gasteiger partial charge in [0.05, 0.1) is 19.9 Å². The Labute approximate surface area is 165 Å². The van der Waals surface area contributed by atoms with Gasteiger partial charge in [-0.15, -0.1) is 0 Å². The number of aryl methyl sites for hydroxylation is 1. The SMILES string of the molecule is COc1ccc(OC)c([C@H]2CCCN2Cc2coc(-c3ccc(C)cc3)n2)c1. The molecule has 5 nitrogen and oxygen atoms in total. The Hall–Kier alpha value is -2.79. The van der Waals surface area contributed by atoms with E-state index in [4.69, 9.17) is 18.9 Å². The lowest BCUT2D eigenvalue weighted by Gasteiger charge is -2.25. The van der Waals surface area contributed by atoms with Crippen LogP contribution in [0.25, 0.3) is 11.5 Å².